The summed E-state index contributed by atoms with van der Waals surface area (Å²) in [5.41, 5.74) is 1.63. The lowest BCUT2D eigenvalue weighted by Crippen LogP contribution is -2.56. The van der Waals surface area contributed by atoms with Crippen molar-refractivity contribution in [3.8, 4) is 0 Å². The number of nitrogens with one attached hydrogen (secondary N) is 1. The van der Waals surface area contributed by atoms with Gasteiger partial charge in [-0.1, -0.05) is 20.8 Å². The number of non-ortho nitro benzene ring substituents is 1. The monoisotopic (exact) mass is 427 g/mol. The van der Waals surface area contributed by atoms with Gasteiger partial charge < -0.3 is 9.80 Å². The molecular formula is C22H29N5O4. The third kappa shape index (κ3) is 2.90. The number of hydrogen-bond donors (Lipinski definition) is 1. The zero-order chi connectivity index (χ0) is 22.6. The minimum Gasteiger partial charge on any atom is -0.339 e. The van der Waals surface area contributed by atoms with E-state index < -0.39 is 21.2 Å². The Balaban J connectivity index is 1.64. The Labute approximate surface area is 181 Å². The van der Waals surface area contributed by atoms with Crippen molar-refractivity contribution in [1.29, 1.82) is 0 Å². The third-order valence-electron chi connectivity index (χ3n) is 8.10. The van der Waals surface area contributed by atoms with Gasteiger partial charge in [-0.3, -0.25) is 25.1 Å². The largest absolute Gasteiger partial charge is 0.339 e. The number of likely N-dealkylation sites (N-methyl/N-ethyl adjacent to an activating group) is 1. The molecule has 3 fully saturated rings. The summed E-state index contributed by atoms with van der Waals surface area (Å²) in [5.74, 6) is -0.260. The number of nitro groups is 1. The number of carbonyl (C=O) groups excluding carboxylic acids is 2. The molecule has 2 bridgehead atoms. The van der Waals surface area contributed by atoms with Crippen LogP contribution < -0.4 is 5.43 Å². The molecular weight excluding hydrogens is 398 g/mol. The van der Waals surface area contributed by atoms with Crippen molar-refractivity contribution in [2.24, 2.45) is 21.3 Å². The minimum atomic E-state index is -1.09. The molecule has 166 valence electrons. The Hall–Kier alpha value is -2.81. The Morgan fingerprint density at radius 2 is 1.71 bits per heavy atom. The third-order valence-corrected chi connectivity index (χ3v) is 8.10. The van der Waals surface area contributed by atoms with Crippen molar-refractivity contribution in [2.75, 3.05) is 38.7 Å². The van der Waals surface area contributed by atoms with Crippen LogP contribution in [0, 0.1) is 26.4 Å². The molecule has 1 aliphatic heterocycles. The summed E-state index contributed by atoms with van der Waals surface area (Å²) in [6, 6.07) is 5.88. The maximum absolute atomic E-state index is 13.7. The molecule has 3 aliphatic rings. The number of rotatable bonds is 4. The van der Waals surface area contributed by atoms with Gasteiger partial charge in [0.1, 0.15) is 11.1 Å². The average molecular weight is 428 g/mol. The van der Waals surface area contributed by atoms with E-state index in [0.717, 1.165) is 13.1 Å². The molecule has 4 rings (SSSR count). The first-order chi connectivity index (χ1) is 14.5. The molecule has 2 unspecified atom stereocenters. The van der Waals surface area contributed by atoms with Crippen molar-refractivity contribution in [1.82, 2.24) is 9.80 Å². The van der Waals surface area contributed by atoms with Gasteiger partial charge in [-0.25, -0.2) is 0 Å². The van der Waals surface area contributed by atoms with Crippen LogP contribution in [0.2, 0.25) is 0 Å². The van der Waals surface area contributed by atoms with E-state index >= 15 is 0 Å². The Morgan fingerprint density at radius 1 is 1.10 bits per heavy atom. The zero-order valence-electron chi connectivity index (χ0n) is 18.5. The summed E-state index contributed by atoms with van der Waals surface area (Å²) in [4.78, 5) is 41.8. The summed E-state index contributed by atoms with van der Waals surface area (Å²) < 4.78 is 0. The maximum Gasteiger partial charge on any atom is 0.269 e. The van der Waals surface area contributed by atoms with Gasteiger partial charge in [0.05, 0.1) is 10.6 Å². The normalized spacial score (nSPS) is 31.3. The number of anilines is 1. The molecule has 31 heavy (non-hydrogen) atoms. The lowest BCUT2D eigenvalue weighted by atomic mass is 9.64. The second kappa shape index (κ2) is 7.12. The summed E-state index contributed by atoms with van der Waals surface area (Å²) in [5, 5.41) is 15.3. The molecule has 1 saturated heterocycles. The van der Waals surface area contributed by atoms with Gasteiger partial charge in [0.2, 0.25) is 5.91 Å². The van der Waals surface area contributed by atoms with Gasteiger partial charge >= 0.3 is 0 Å². The number of amides is 1. The van der Waals surface area contributed by atoms with Crippen molar-refractivity contribution in [3.05, 3.63) is 34.4 Å². The first-order valence-corrected chi connectivity index (χ1v) is 10.7. The molecule has 0 aromatic heterocycles. The van der Waals surface area contributed by atoms with E-state index in [1.54, 1.807) is 12.1 Å². The van der Waals surface area contributed by atoms with Crippen LogP contribution in [0.5, 0.6) is 0 Å². The maximum atomic E-state index is 13.7. The first-order valence-electron chi connectivity index (χ1n) is 10.7. The number of hydrazone groups is 1. The highest BCUT2D eigenvalue weighted by Gasteiger charge is 2.77. The van der Waals surface area contributed by atoms with Crippen LogP contribution in [0.1, 0.15) is 33.6 Å². The number of carbonyl (C=O) groups is 2. The highest BCUT2D eigenvalue weighted by atomic mass is 16.6. The number of hydrogen-bond acceptors (Lipinski definition) is 7. The van der Waals surface area contributed by atoms with Gasteiger partial charge in [-0.05, 0) is 37.4 Å². The number of ketones is 1. The SMILES string of the molecule is CN1CCN(C(=O)C23CCC(C)(C(=NNc4ccc([N+](=O)[O-])cc4)C2=O)C3(C)C)CC1. The second-order valence-corrected chi connectivity index (χ2v) is 9.66. The highest BCUT2D eigenvalue weighted by Crippen LogP contribution is 2.69. The van der Waals surface area contributed by atoms with E-state index in [1.807, 2.05) is 32.7 Å². The molecule has 2 aliphatic carbocycles. The number of fused-ring (bicyclic) bond motifs is 2. The van der Waals surface area contributed by atoms with E-state index in [9.17, 15) is 19.7 Å². The van der Waals surface area contributed by atoms with Gasteiger partial charge in [0.15, 0.2) is 5.78 Å². The summed E-state index contributed by atoms with van der Waals surface area (Å²) >= 11 is 0. The lowest BCUT2D eigenvalue weighted by Gasteiger charge is -2.42. The van der Waals surface area contributed by atoms with Gasteiger partial charge in [-0.15, -0.1) is 0 Å². The molecule has 0 spiro atoms. The van der Waals surface area contributed by atoms with E-state index in [1.165, 1.54) is 12.1 Å². The number of Topliss-reactive ketones (excluding diaryl/α,β-unsaturated/α-hetero) is 1. The number of piperazine rings is 1. The smallest absolute Gasteiger partial charge is 0.269 e. The summed E-state index contributed by atoms with van der Waals surface area (Å²) in [7, 11) is 2.03. The topological polar surface area (TPSA) is 108 Å². The molecule has 1 aromatic carbocycles. The van der Waals surface area contributed by atoms with Crippen molar-refractivity contribution in [2.45, 2.75) is 33.6 Å². The van der Waals surface area contributed by atoms with Gasteiger partial charge in [0, 0.05) is 43.7 Å². The quantitative estimate of drug-likeness (QED) is 0.449. The fourth-order valence-electron chi connectivity index (χ4n) is 5.50. The van der Waals surface area contributed by atoms with Crippen LogP contribution in [-0.2, 0) is 9.59 Å². The number of nitro benzene ring substituents is 1. The van der Waals surface area contributed by atoms with Crippen LogP contribution in [0.25, 0.3) is 0 Å². The molecule has 1 aromatic rings. The van der Waals surface area contributed by atoms with Crippen LogP contribution in [-0.4, -0.2) is 65.4 Å². The lowest BCUT2D eigenvalue weighted by molar-refractivity contribution is -0.384. The number of benzene rings is 1. The van der Waals surface area contributed by atoms with E-state index in [4.69, 9.17) is 0 Å². The molecule has 2 atom stereocenters. The predicted molar refractivity (Wildman–Crippen MR) is 117 cm³/mol. The van der Waals surface area contributed by atoms with Gasteiger partial charge in [0.25, 0.3) is 5.69 Å². The molecule has 1 amide bonds. The van der Waals surface area contributed by atoms with Crippen LogP contribution in [0.4, 0.5) is 11.4 Å². The van der Waals surface area contributed by atoms with Crippen LogP contribution in [0.15, 0.2) is 29.4 Å². The molecule has 9 heteroatoms. The van der Waals surface area contributed by atoms with Crippen LogP contribution >= 0.6 is 0 Å². The Kier molecular flexibility index (Phi) is 4.92. The van der Waals surface area contributed by atoms with E-state index in [2.05, 4.69) is 15.4 Å². The summed E-state index contributed by atoms with van der Waals surface area (Å²) in [6.07, 6.45) is 1.25. The Bertz CT molecular complexity index is 965. The standard InChI is InChI=1S/C22H29N5O4/c1-20(2)21(3)9-10-22(20,19(29)26-13-11-25(4)12-14-26)18(28)17(21)24-23-15-5-7-16(8-6-15)27(30)31/h5-8,23H,9-14H2,1-4H3. The first kappa shape index (κ1) is 21.4. The second-order valence-electron chi connectivity index (χ2n) is 9.66. The van der Waals surface area contributed by atoms with E-state index in [-0.39, 0.29) is 17.4 Å². The molecule has 2 saturated carbocycles. The Morgan fingerprint density at radius 3 is 2.29 bits per heavy atom. The minimum absolute atomic E-state index is 0.0148. The van der Waals surface area contributed by atoms with E-state index in [0.29, 0.717) is 37.3 Å². The fourth-order valence-corrected chi connectivity index (χ4v) is 5.50. The molecule has 0 radical (unpaired) electrons. The predicted octanol–water partition coefficient (Wildman–Crippen LogP) is 2.53. The highest BCUT2D eigenvalue weighted by molar-refractivity contribution is 6.50. The zero-order valence-corrected chi connectivity index (χ0v) is 18.5. The summed E-state index contributed by atoms with van der Waals surface area (Å²) in [6.45, 7) is 8.91. The van der Waals surface area contributed by atoms with Crippen molar-refractivity contribution < 1.29 is 14.5 Å². The molecule has 1 heterocycles. The average Bonchev–Trinajstić information content (AvgIpc) is 3.02. The van der Waals surface area contributed by atoms with Crippen molar-refractivity contribution >= 4 is 28.8 Å². The van der Waals surface area contributed by atoms with Crippen molar-refractivity contribution in [3.63, 3.8) is 0 Å². The number of nitrogens with zero attached hydrogens (tertiary/aromatic N) is 4. The molecule has 9 nitrogen and oxygen atoms in total. The van der Waals surface area contributed by atoms with Crippen LogP contribution in [0.3, 0.4) is 0 Å². The van der Waals surface area contributed by atoms with Gasteiger partial charge in [-0.2, -0.15) is 5.10 Å². The fraction of sp³-hybridized carbons (Fsp3) is 0.591. The molecule has 1 N–H and O–H groups in total.